The molecule has 0 bridgehead atoms. The summed E-state index contributed by atoms with van der Waals surface area (Å²) in [6.07, 6.45) is 6.06. The molecule has 0 spiro atoms. The van der Waals surface area contributed by atoms with Crippen LogP contribution in [0.4, 0.5) is 0 Å². The Morgan fingerprint density at radius 1 is 1.11 bits per heavy atom. The molecule has 0 radical (unpaired) electrons. The van der Waals surface area contributed by atoms with Crippen molar-refractivity contribution in [3.8, 4) is 0 Å². The highest BCUT2D eigenvalue weighted by Gasteiger charge is 2.51. The summed E-state index contributed by atoms with van der Waals surface area (Å²) in [4.78, 5) is 0. The Morgan fingerprint density at radius 2 is 1.81 bits per heavy atom. The molecule has 3 nitrogen and oxygen atoms in total. The molecule has 2 aliphatic rings. The van der Waals surface area contributed by atoms with E-state index in [0.717, 1.165) is 28.7 Å². The largest absolute Gasteiger partial charge is 0.492 e. The van der Waals surface area contributed by atoms with Crippen LogP contribution in [0.15, 0.2) is 10.5 Å². The van der Waals surface area contributed by atoms with Crippen LogP contribution in [-0.2, 0) is 5.41 Å². The van der Waals surface area contributed by atoms with Crippen molar-refractivity contribution >= 4 is 23.6 Å². The van der Waals surface area contributed by atoms with E-state index in [1.165, 1.54) is 31.2 Å². The monoisotopic (exact) mass is 368 g/mol. The van der Waals surface area contributed by atoms with Gasteiger partial charge in [-0.05, 0) is 73.5 Å². The fourth-order valence-corrected chi connectivity index (χ4v) is 6.43. The van der Waals surface area contributed by atoms with Gasteiger partial charge in [0.15, 0.2) is 0 Å². The van der Waals surface area contributed by atoms with Crippen LogP contribution in [0, 0.1) is 25.2 Å². The first-order valence-electron chi connectivity index (χ1n) is 10.5. The molecule has 3 unspecified atom stereocenters. The summed E-state index contributed by atoms with van der Waals surface area (Å²) >= 11 is 0. The average Bonchev–Trinajstić information content (AvgIpc) is 2.88. The standard InChI is InChI=1S/C23H33BO3/c1-13-8-9-17-22(4,5)10-7-11-23(17,6)18-16-12-14(2)15(3)19(24(25)26)21(16)27-20(13)18/h12-13,17,25-26H,7-11H2,1-6H3. The zero-order valence-electron chi connectivity index (χ0n) is 17.6. The number of rotatable bonds is 1. The number of furan rings is 1. The molecule has 1 fully saturated rings. The minimum absolute atomic E-state index is 0.0759. The summed E-state index contributed by atoms with van der Waals surface area (Å²) in [6, 6.07) is 2.22. The average molecular weight is 368 g/mol. The van der Waals surface area contributed by atoms with Crippen LogP contribution < -0.4 is 5.46 Å². The predicted octanol–water partition coefficient (Wildman–Crippen LogP) is 4.71. The van der Waals surface area contributed by atoms with Gasteiger partial charge >= 0.3 is 7.12 Å². The smallest absolute Gasteiger partial charge is 0.461 e. The van der Waals surface area contributed by atoms with Crippen molar-refractivity contribution in [3.05, 3.63) is 28.5 Å². The molecule has 2 N–H and O–H groups in total. The van der Waals surface area contributed by atoms with Gasteiger partial charge in [-0.1, -0.05) is 34.1 Å². The van der Waals surface area contributed by atoms with Gasteiger partial charge in [0.05, 0.1) is 0 Å². The lowest BCUT2D eigenvalue weighted by atomic mass is 9.53. The van der Waals surface area contributed by atoms with Crippen LogP contribution >= 0.6 is 0 Å². The lowest BCUT2D eigenvalue weighted by Gasteiger charge is -2.50. The SMILES string of the molecule is Cc1cc2c3c(oc2c(B(O)O)c1C)C(C)CCC1C(C)(C)CCCC31C. The van der Waals surface area contributed by atoms with E-state index in [9.17, 15) is 10.0 Å². The number of benzene rings is 1. The first kappa shape index (κ1) is 19.1. The zero-order valence-corrected chi connectivity index (χ0v) is 17.6. The molecule has 2 aliphatic carbocycles. The van der Waals surface area contributed by atoms with Crippen LogP contribution in [-0.4, -0.2) is 17.2 Å². The fourth-order valence-electron chi connectivity index (χ4n) is 6.43. The molecule has 4 rings (SSSR count). The van der Waals surface area contributed by atoms with Crippen molar-refractivity contribution in [2.24, 2.45) is 11.3 Å². The highest BCUT2D eigenvalue weighted by molar-refractivity contribution is 6.62. The van der Waals surface area contributed by atoms with Crippen molar-refractivity contribution in [2.45, 2.75) is 85.0 Å². The molecule has 1 heterocycles. The third-order valence-electron chi connectivity index (χ3n) is 7.97. The summed E-state index contributed by atoms with van der Waals surface area (Å²) in [7, 11) is -1.51. The van der Waals surface area contributed by atoms with E-state index < -0.39 is 7.12 Å². The third kappa shape index (κ3) is 2.63. The predicted molar refractivity (Wildman–Crippen MR) is 112 cm³/mol. The number of hydrogen-bond donors (Lipinski definition) is 2. The Kier molecular flexibility index (Phi) is 4.32. The Bertz CT molecular complexity index is 895. The van der Waals surface area contributed by atoms with Gasteiger partial charge in [0.1, 0.15) is 11.3 Å². The van der Waals surface area contributed by atoms with Gasteiger partial charge in [0.25, 0.3) is 0 Å². The van der Waals surface area contributed by atoms with Gasteiger partial charge in [-0.2, -0.15) is 0 Å². The number of aryl methyl sites for hydroxylation is 1. The number of hydrogen-bond acceptors (Lipinski definition) is 3. The quantitative estimate of drug-likeness (QED) is 0.717. The first-order chi connectivity index (χ1) is 12.6. The van der Waals surface area contributed by atoms with Crippen molar-refractivity contribution in [2.75, 3.05) is 0 Å². The zero-order chi connectivity index (χ0) is 19.7. The van der Waals surface area contributed by atoms with E-state index in [1.54, 1.807) is 0 Å². The fraction of sp³-hybridized carbons (Fsp3) is 0.652. The molecule has 0 amide bonds. The molecule has 4 heteroatoms. The second-order valence-electron chi connectivity index (χ2n) is 10.1. The molecule has 0 saturated heterocycles. The summed E-state index contributed by atoms with van der Waals surface area (Å²) < 4.78 is 6.47. The summed E-state index contributed by atoms with van der Waals surface area (Å²) in [6.45, 7) is 13.6. The Balaban J connectivity index is 2.08. The van der Waals surface area contributed by atoms with Gasteiger partial charge < -0.3 is 14.5 Å². The van der Waals surface area contributed by atoms with E-state index >= 15 is 0 Å². The van der Waals surface area contributed by atoms with Gasteiger partial charge in [-0.15, -0.1) is 0 Å². The van der Waals surface area contributed by atoms with E-state index in [1.807, 2.05) is 6.92 Å². The minimum Gasteiger partial charge on any atom is -0.461 e. The van der Waals surface area contributed by atoms with E-state index in [0.29, 0.717) is 28.3 Å². The molecule has 1 aromatic carbocycles. The van der Waals surface area contributed by atoms with Crippen molar-refractivity contribution in [1.82, 2.24) is 0 Å². The number of fused-ring (bicyclic) bond motifs is 5. The molecule has 1 aromatic heterocycles. The molecule has 0 aliphatic heterocycles. The van der Waals surface area contributed by atoms with Gasteiger partial charge in [-0.3, -0.25) is 0 Å². The highest BCUT2D eigenvalue weighted by atomic mass is 16.4. The second kappa shape index (κ2) is 6.12. The molecule has 2 aromatic rings. The molecular formula is C23H33BO3. The van der Waals surface area contributed by atoms with Crippen LogP contribution in [0.2, 0.25) is 0 Å². The lowest BCUT2D eigenvalue weighted by Crippen LogP contribution is -2.44. The van der Waals surface area contributed by atoms with E-state index in [-0.39, 0.29) is 5.41 Å². The Hall–Kier alpha value is -1.26. The highest BCUT2D eigenvalue weighted by Crippen LogP contribution is 2.59. The first-order valence-corrected chi connectivity index (χ1v) is 10.5. The second-order valence-corrected chi connectivity index (χ2v) is 10.1. The molecule has 146 valence electrons. The van der Waals surface area contributed by atoms with Crippen LogP contribution in [0.3, 0.4) is 0 Å². The van der Waals surface area contributed by atoms with Crippen molar-refractivity contribution < 1.29 is 14.5 Å². The van der Waals surface area contributed by atoms with Crippen molar-refractivity contribution in [3.63, 3.8) is 0 Å². The third-order valence-corrected chi connectivity index (χ3v) is 7.97. The topological polar surface area (TPSA) is 53.6 Å². The maximum Gasteiger partial charge on any atom is 0.492 e. The lowest BCUT2D eigenvalue weighted by molar-refractivity contribution is 0.0504. The Labute approximate surface area is 163 Å². The molecule has 27 heavy (non-hydrogen) atoms. The molecule has 1 saturated carbocycles. The van der Waals surface area contributed by atoms with Crippen molar-refractivity contribution in [1.29, 1.82) is 0 Å². The summed E-state index contributed by atoms with van der Waals surface area (Å²) in [5, 5.41) is 21.3. The van der Waals surface area contributed by atoms with Crippen LogP contribution in [0.5, 0.6) is 0 Å². The van der Waals surface area contributed by atoms with E-state index in [4.69, 9.17) is 4.42 Å². The Morgan fingerprint density at radius 3 is 2.48 bits per heavy atom. The van der Waals surface area contributed by atoms with Crippen LogP contribution in [0.25, 0.3) is 11.0 Å². The maximum absolute atomic E-state index is 10.1. The summed E-state index contributed by atoms with van der Waals surface area (Å²) in [5.41, 5.74) is 4.99. The van der Waals surface area contributed by atoms with E-state index in [2.05, 4.69) is 40.7 Å². The molecule has 3 atom stereocenters. The van der Waals surface area contributed by atoms with Gasteiger partial charge in [0.2, 0.25) is 0 Å². The maximum atomic E-state index is 10.1. The van der Waals surface area contributed by atoms with Gasteiger partial charge in [-0.25, -0.2) is 0 Å². The minimum atomic E-state index is -1.51. The molecular weight excluding hydrogens is 335 g/mol. The normalized spacial score (nSPS) is 29.9. The summed E-state index contributed by atoms with van der Waals surface area (Å²) in [5.74, 6) is 2.06. The van der Waals surface area contributed by atoms with Crippen LogP contribution in [0.1, 0.15) is 88.2 Å². The van der Waals surface area contributed by atoms with Gasteiger partial charge in [0, 0.05) is 22.3 Å².